The van der Waals surface area contributed by atoms with Gasteiger partial charge in [-0.05, 0) is 0 Å². The molecule has 2 rings (SSSR count). The number of likely N-dealkylation sites (N-methyl/N-ethyl adjacent to an activating group) is 1. The molecule has 94 valence electrons. The molecule has 1 amide bonds. The Kier molecular flexibility index (Phi) is 4.73. The average Bonchev–Trinajstić information content (AvgIpc) is 2.65. The summed E-state index contributed by atoms with van der Waals surface area (Å²) in [6.07, 6.45) is 4.00. The quantitative estimate of drug-likeness (QED) is 0.478. The van der Waals surface area contributed by atoms with Crippen LogP contribution in [0.15, 0.2) is 34.1 Å². The van der Waals surface area contributed by atoms with Gasteiger partial charge in [-0.3, -0.25) is 0 Å². The van der Waals surface area contributed by atoms with E-state index in [0.717, 1.165) is 14.3 Å². The molecule has 0 atom stereocenters. The molecule has 5 heteroatoms. The first kappa shape index (κ1) is 13.9. The van der Waals surface area contributed by atoms with E-state index in [0.29, 0.717) is 6.54 Å². The van der Waals surface area contributed by atoms with Crippen molar-refractivity contribution in [3.63, 3.8) is 0 Å². The van der Waals surface area contributed by atoms with Crippen molar-refractivity contribution in [3.8, 4) is 0 Å². The molecule has 1 aliphatic rings. The van der Waals surface area contributed by atoms with Gasteiger partial charge in [0.05, 0.1) is 0 Å². The molecule has 0 saturated carbocycles. The van der Waals surface area contributed by atoms with E-state index in [1.54, 1.807) is 16.7 Å². The van der Waals surface area contributed by atoms with Gasteiger partial charge in [0.25, 0.3) is 0 Å². The van der Waals surface area contributed by atoms with Crippen LogP contribution in [-0.2, 0) is 4.79 Å². The molecule has 0 radical (unpaired) electrons. The number of thioether (sulfide) groups is 2. The zero-order chi connectivity index (χ0) is 13.1. The first-order chi connectivity index (χ1) is 8.65. The van der Waals surface area contributed by atoms with Crippen LogP contribution in [0.4, 0.5) is 0 Å². The van der Waals surface area contributed by atoms with Gasteiger partial charge in [-0.15, -0.1) is 0 Å². The zero-order valence-electron chi connectivity index (χ0n) is 10.2. The number of carbonyl (C=O) groups is 1. The second-order valence-electron chi connectivity index (χ2n) is 3.70. The molecule has 0 spiro atoms. The van der Waals surface area contributed by atoms with Gasteiger partial charge < -0.3 is 0 Å². The Morgan fingerprint density at radius 2 is 2.06 bits per heavy atom. The number of amides is 1. The SMILES string of the molecule is CCN1C(=O)/C(=C\c2ccc(SC)cc2)SC1=[Se]. The molecule has 2 nitrogen and oxygen atoms in total. The van der Waals surface area contributed by atoms with Crippen LogP contribution in [-0.4, -0.2) is 43.1 Å². The van der Waals surface area contributed by atoms with Gasteiger partial charge in [0.15, 0.2) is 0 Å². The Balaban J connectivity index is 2.23. The zero-order valence-corrected chi connectivity index (χ0v) is 13.5. The maximum absolute atomic E-state index is 12.1. The Morgan fingerprint density at radius 3 is 2.56 bits per heavy atom. The minimum atomic E-state index is 0.0881. The molecule has 1 aliphatic heterocycles. The van der Waals surface area contributed by atoms with Gasteiger partial charge in [0, 0.05) is 0 Å². The van der Waals surface area contributed by atoms with Crippen LogP contribution in [0.3, 0.4) is 0 Å². The van der Waals surface area contributed by atoms with Gasteiger partial charge in [0.1, 0.15) is 0 Å². The summed E-state index contributed by atoms with van der Waals surface area (Å²) < 4.78 is 0.939. The summed E-state index contributed by atoms with van der Waals surface area (Å²) in [6.45, 7) is 2.68. The van der Waals surface area contributed by atoms with Crippen LogP contribution in [0.5, 0.6) is 0 Å². The van der Waals surface area contributed by atoms with Crippen LogP contribution < -0.4 is 0 Å². The molecule has 0 N–H and O–H groups in total. The molecular formula is C13H13NOS2Se. The summed E-state index contributed by atoms with van der Waals surface area (Å²) in [7, 11) is 0. The van der Waals surface area contributed by atoms with Gasteiger partial charge in [-0.2, -0.15) is 0 Å². The molecule has 0 aromatic heterocycles. The third-order valence-corrected chi connectivity index (χ3v) is 5.24. The molecule has 1 aromatic carbocycles. The summed E-state index contributed by atoms with van der Waals surface area (Å²) in [5.74, 6) is 0.0881. The van der Waals surface area contributed by atoms with E-state index in [4.69, 9.17) is 0 Å². The number of hydrogen-bond acceptors (Lipinski definition) is 3. The van der Waals surface area contributed by atoms with Crippen molar-refractivity contribution < 1.29 is 4.79 Å². The monoisotopic (exact) mass is 343 g/mol. The Bertz CT molecular complexity index is 510. The first-order valence-electron chi connectivity index (χ1n) is 5.55. The van der Waals surface area contributed by atoms with Gasteiger partial charge >= 0.3 is 124 Å². The Hall–Kier alpha value is -0.481. The summed E-state index contributed by atoms with van der Waals surface area (Å²) in [5.41, 5.74) is 1.06. The van der Waals surface area contributed by atoms with Crippen LogP contribution in [0, 0.1) is 0 Å². The third kappa shape index (κ3) is 2.91. The second kappa shape index (κ2) is 6.11. The molecule has 0 unspecified atom stereocenters. The van der Waals surface area contributed by atoms with E-state index in [1.807, 2.05) is 25.1 Å². The topological polar surface area (TPSA) is 20.3 Å². The van der Waals surface area contributed by atoms with Crippen molar-refractivity contribution in [3.05, 3.63) is 34.7 Å². The summed E-state index contributed by atoms with van der Waals surface area (Å²) in [4.78, 5) is 15.8. The van der Waals surface area contributed by atoms with Crippen molar-refractivity contribution in [1.82, 2.24) is 4.90 Å². The standard InChI is InChI=1S/C13H13NOS2Se/c1-3-14-12(15)11(17-13(14)18)8-9-4-6-10(16-2)7-5-9/h4-8H,3H2,1-2H3/b11-8+. The second-order valence-corrected chi connectivity index (χ2v) is 7.00. The number of carbonyl (C=O) groups excluding carboxylic acids is 1. The van der Waals surface area contributed by atoms with E-state index in [2.05, 4.69) is 34.0 Å². The Labute approximate surface area is 124 Å². The van der Waals surface area contributed by atoms with E-state index < -0.39 is 0 Å². The Morgan fingerprint density at radius 1 is 1.39 bits per heavy atom. The average molecular weight is 342 g/mol. The van der Waals surface area contributed by atoms with E-state index in [1.165, 1.54) is 16.7 Å². The van der Waals surface area contributed by atoms with Crippen LogP contribution in [0.2, 0.25) is 0 Å². The van der Waals surface area contributed by atoms with Crippen molar-refractivity contribution in [2.45, 2.75) is 11.8 Å². The summed E-state index contributed by atoms with van der Waals surface area (Å²) >= 11 is 6.16. The van der Waals surface area contributed by atoms with Crippen molar-refractivity contribution in [1.29, 1.82) is 0 Å². The minimum absolute atomic E-state index is 0.0881. The summed E-state index contributed by atoms with van der Waals surface area (Å²) in [6, 6.07) is 8.23. The van der Waals surface area contributed by atoms with Crippen LogP contribution in [0.25, 0.3) is 6.08 Å². The van der Waals surface area contributed by atoms with Crippen LogP contribution >= 0.6 is 23.5 Å². The van der Waals surface area contributed by atoms with E-state index in [9.17, 15) is 4.79 Å². The van der Waals surface area contributed by atoms with Gasteiger partial charge in [-0.25, -0.2) is 0 Å². The molecule has 18 heavy (non-hydrogen) atoms. The maximum atomic E-state index is 12.1. The molecule has 0 bridgehead atoms. The normalized spacial score (nSPS) is 17.9. The molecule has 0 aliphatic carbocycles. The molecule has 1 saturated heterocycles. The van der Waals surface area contributed by atoms with Crippen molar-refractivity contribution >= 4 is 55.0 Å². The fourth-order valence-electron chi connectivity index (χ4n) is 1.62. The first-order valence-corrected chi connectivity index (χ1v) is 8.45. The molecular weight excluding hydrogens is 329 g/mol. The molecule has 1 aromatic rings. The summed E-state index contributed by atoms with van der Waals surface area (Å²) in [5, 5.41) is 0. The fourth-order valence-corrected chi connectivity index (χ4v) is 3.95. The predicted molar refractivity (Wildman–Crippen MR) is 81.9 cm³/mol. The van der Waals surface area contributed by atoms with Crippen molar-refractivity contribution in [2.75, 3.05) is 12.8 Å². The third-order valence-electron chi connectivity index (χ3n) is 2.60. The fraction of sp³-hybridized carbons (Fsp3) is 0.231. The number of rotatable bonds is 3. The predicted octanol–water partition coefficient (Wildman–Crippen LogP) is 2.60. The van der Waals surface area contributed by atoms with Gasteiger partial charge in [0.2, 0.25) is 0 Å². The van der Waals surface area contributed by atoms with E-state index >= 15 is 0 Å². The number of hydrogen-bond donors (Lipinski definition) is 0. The molecule has 1 fully saturated rings. The number of nitrogens with zero attached hydrogens (tertiary/aromatic N) is 1. The van der Waals surface area contributed by atoms with Crippen LogP contribution in [0.1, 0.15) is 12.5 Å². The number of benzene rings is 1. The van der Waals surface area contributed by atoms with Crippen molar-refractivity contribution in [2.24, 2.45) is 0 Å². The van der Waals surface area contributed by atoms with E-state index in [-0.39, 0.29) is 5.91 Å². The molecule has 1 heterocycles. The van der Waals surface area contributed by atoms with Gasteiger partial charge in [-0.1, -0.05) is 0 Å².